The summed E-state index contributed by atoms with van der Waals surface area (Å²) in [5.41, 5.74) is 18.3. The van der Waals surface area contributed by atoms with Gasteiger partial charge in [0.05, 0.1) is 6.07 Å². The summed E-state index contributed by atoms with van der Waals surface area (Å²) in [5.74, 6) is 1.42. The highest BCUT2D eigenvalue weighted by atomic mass is 16.5. The first-order valence-corrected chi connectivity index (χ1v) is 15.7. The van der Waals surface area contributed by atoms with Crippen LogP contribution in [-0.4, -0.2) is 13.2 Å². The van der Waals surface area contributed by atoms with Crippen molar-refractivity contribution in [3.8, 4) is 34.1 Å². The number of aryl methyl sites for hydroxylation is 1. The third-order valence-corrected chi connectivity index (χ3v) is 7.96. The number of nitrogens with zero attached hydrogens (tertiary/aromatic N) is 1. The van der Waals surface area contributed by atoms with Gasteiger partial charge in [0.1, 0.15) is 12.4 Å². The van der Waals surface area contributed by atoms with E-state index in [0.717, 1.165) is 37.0 Å². The number of benzene rings is 5. The average Bonchev–Trinajstić information content (AvgIpc) is 3.04. The van der Waals surface area contributed by atoms with Crippen molar-refractivity contribution in [2.24, 2.45) is 11.7 Å². The van der Waals surface area contributed by atoms with E-state index < -0.39 is 0 Å². The van der Waals surface area contributed by atoms with Gasteiger partial charge in [-0.1, -0.05) is 117 Å². The van der Waals surface area contributed by atoms with Gasteiger partial charge in [0.15, 0.2) is 0 Å². The van der Waals surface area contributed by atoms with E-state index in [1.54, 1.807) is 0 Å². The Kier molecular flexibility index (Phi) is 10.6. The van der Waals surface area contributed by atoms with Crippen LogP contribution in [-0.2, 0) is 25.7 Å². The predicted octanol–water partition coefficient (Wildman–Crippen LogP) is 9.19. The van der Waals surface area contributed by atoms with E-state index in [0.29, 0.717) is 25.5 Å². The Balaban J connectivity index is 1.60. The number of nitriles is 1. The predicted molar refractivity (Wildman–Crippen MR) is 183 cm³/mol. The van der Waals surface area contributed by atoms with Crippen LogP contribution in [0.5, 0.6) is 5.75 Å². The monoisotopic (exact) mass is 578 g/mol. The minimum atomic E-state index is 0.479. The molecule has 0 amide bonds. The fourth-order valence-electron chi connectivity index (χ4n) is 5.91. The van der Waals surface area contributed by atoms with Crippen molar-refractivity contribution in [1.29, 1.82) is 5.26 Å². The molecule has 222 valence electrons. The van der Waals surface area contributed by atoms with Gasteiger partial charge in [-0.25, -0.2) is 0 Å². The molecule has 0 aliphatic heterocycles. The summed E-state index contributed by atoms with van der Waals surface area (Å²) in [6.07, 6.45) is 3.95. The van der Waals surface area contributed by atoms with E-state index in [4.69, 9.17) is 15.7 Å². The Morgan fingerprint density at radius 1 is 0.659 bits per heavy atom. The van der Waals surface area contributed by atoms with Crippen LogP contribution in [0.2, 0.25) is 0 Å². The Bertz CT molecular complexity index is 1700. The van der Waals surface area contributed by atoms with Crippen molar-refractivity contribution >= 4 is 0 Å². The van der Waals surface area contributed by atoms with Crippen molar-refractivity contribution in [3.05, 3.63) is 149 Å². The average molecular weight is 579 g/mol. The summed E-state index contributed by atoms with van der Waals surface area (Å²) >= 11 is 0. The molecule has 3 nitrogen and oxygen atoms in total. The fourth-order valence-corrected chi connectivity index (χ4v) is 5.91. The number of hydrogen-bond donors (Lipinski definition) is 1. The summed E-state index contributed by atoms with van der Waals surface area (Å²) in [4.78, 5) is 0. The summed E-state index contributed by atoms with van der Waals surface area (Å²) in [7, 11) is 0. The smallest absolute Gasteiger partial charge is 0.122 e. The van der Waals surface area contributed by atoms with Crippen molar-refractivity contribution in [1.82, 2.24) is 0 Å². The fraction of sp³-hybridized carbons (Fsp3) is 0.244. The highest BCUT2D eigenvalue weighted by molar-refractivity contribution is 5.76. The Morgan fingerprint density at radius 2 is 1.25 bits per heavy atom. The van der Waals surface area contributed by atoms with E-state index in [2.05, 4.69) is 135 Å². The van der Waals surface area contributed by atoms with Gasteiger partial charge in [-0.05, 0) is 92.9 Å². The number of rotatable bonds is 13. The summed E-state index contributed by atoms with van der Waals surface area (Å²) in [5, 5.41) is 9.13. The first kappa shape index (κ1) is 30.8. The van der Waals surface area contributed by atoms with Gasteiger partial charge in [-0.15, -0.1) is 0 Å². The quantitative estimate of drug-likeness (QED) is 0.151. The van der Waals surface area contributed by atoms with E-state index in [-0.39, 0.29) is 0 Å². The highest BCUT2D eigenvalue weighted by Crippen LogP contribution is 2.36. The maximum Gasteiger partial charge on any atom is 0.122 e. The number of nitrogens with two attached hydrogens (primary N) is 1. The molecular weight excluding hydrogens is 536 g/mol. The molecule has 5 rings (SSSR count). The second-order valence-corrected chi connectivity index (χ2v) is 11.9. The Hall–Kier alpha value is -4.65. The lowest BCUT2D eigenvalue weighted by Gasteiger charge is -2.18. The molecule has 5 aromatic rings. The molecule has 0 aliphatic rings. The third-order valence-electron chi connectivity index (χ3n) is 7.96. The van der Waals surface area contributed by atoms with Crippen molar-refractivity contribution < 1.29 is 4.74 Å². The lowest BCUT2D eigenvalue weighted by Crippen LogP contribution is -2.11. The Morgan fingerprint density at radius 3 is 1.89 bits per heavy atom. The van der Waals surface area contributed by atoms with Gasteiger partial charge >= 0.3 is 0 Å². The maximum atomic E-state index is 9.13. The van der Waals surface area contributed by atoms with Crippen LogP contribution < -0.4 is 10.5 Å². The largest absolute Gasteiger partial charge is 0.492 e. The van der Waals surface area contributed by atoms with E-state index in [9.17, 15) is 0 Å². The Labute approximate surface area is 263 Å². The lowest BCUT2D eigenvalue weighted by atomic mass is 9.87. The molecule has 5 aromatic carbocycles. The van der Waals surface area contributed by atoms with Gasteiger partial charge in [0.2, 0.25) is 0 Å². The molecule has 0 bridgehead atoms. The van der Waals surface area contributed by atoms with Crippen LogP contribution in [0.25, 0.3) is 22.3 Å². The van der Waals surface area contributed by atoms with Crippen LogP contribution in [0.3, 0.4) is 0 Å². The topological polar surface area (TPSA) is 59.0 Å². The first-order valence-electron chi connectivity index (χ1n) is 15.7. The van der Waals surface area contributed by atoms with E-state index >= 15 is 0 Å². The van der Waals surface area contributed by atoms with Crippen LogP contribution in [0.1, 0.15) is 53.6 Å². The van der Waals surface area contributed by atoms with Crippen molar-refractivity contribution in [2.75, 3.05) is 13.2 Å². The summed E-state index contributed by atoms with van der Waals surface area (Å²) < 4.78 is 6.09. The van der Waals surface area contributed by atoms with E-state index in [1.807, 2.05) is 0 Å². The molecule has 44 heavy (non-hydrogen) atoms. The van der Waals surface area contributed by atoms with Crippen LogP contribution in [0.15, 0.2) is 115 Å². The molecule has 0 spiro atoms. The first-order chi connectivity index (χ1) is 21.5. The van der Waals surface area contributed by atoms with Gasteiger partial charge in [-0.3, -0.25) is 0 Å². The van der Waals surface area contributed by atoms with Gasteiger partial charge in [0, 0.05) is 19.4 Å². The zero-order chi connectivity index (χ0) is 30.7. The molecule has 0 saturated heterocycles. The van der Waals surface area contributed by atoms with Crippen molar-refractivity contribution in [2.45, 2.75) is 46.0 Å². The summed E-state index contributed by atoms with van der Waals surface area (Å²) in [6, 6.07) is 43.8. The second kappa shape index (κ2) is 15.2. The number of hydrogen-bond acceptors (Lipinski definition) is 3. The zero-order valence-corrected chi connectivity index (χ0v) is 25.9. The van der Waals surface area contributed by atoms with Crippen molar-refractivity contribution in [3.63, 3.8) is 0 Å². The lowest BCUT2D eigenvalue weighted by molar-refractivity contribution is 0.325. The van der Waals surface area contributed by atoms with Gasteiger partial charge in [-0.2, -0.15) is 5.26 Å². The summed E-state index contributed by atoms with van der Waals surface area (Å²) in [6.45, 7) is 5.50. The molecule has 3 heteroatoms. The number of ether oxygens (including phenoxy) is 1. The minimum absolute atomic E-state index is 0.479. The molecule has 2 N–H and O–H groups in total. The third kappa shape index (κ3) is 8.04. The zero-order valence-electron chi connectivity index (χ0n) is 25.9. The second-order valence-electron chi connectivity index (χ2n) is 11.9. The van der Waals surface area contributed by atoms with Crippen LogP contribution in [0, 0.1) is 17.2 Å². The molecule has 0 fully saturated rings. The molecular formula is C41H42N2O. The van der Waals surface area contributed by atoms with Crippen LogP contribution in [0.4, 0.5) is 0 Å². The molecule has 0 aromatic heterocycles. The molecule has 0 radical (unpaired) electrons. The standard InChI is InChI=1S/C41H42N2O/c1-30(2)24-36-26-33(14-9-21-42)15-18-39(36)34-16-19-40(37(28-34)25-31-10-5-3-6-11-31)35-17-20-41(44-23-22-43)38(29-35)27-32-12-7-4-8-13-32/h3-8,10-13,15-20,26,28-30H,9,14,22-25,27,43H2,1-2H3. The molecule has 0 aliphatic carbocycles. The van der Waals surface area contributed by atoms with Gasteiger partial charge in [0.25, 0.3) is 0 Å². The minimum Gasteiger partial charge on any atom is -0.492 e. The molecule has 0 heterocycles. The molecule has 0 unspecified atom stereocenters. The SMILES string of the molecule is CC(C)Cc1cc(CCC#N)ccc1-c1ccc(-c2ccc(OCCN)c(Cc3ccccc3)c2)c(Cc2ccccc2)c1. The molecule has 0 saturated carbocycles. The molecule has 0 atom stereocenters. The van der Waals surface area contributed by atoms with Crippen LogP contribution >= 0.6 is 0 Å². The van der Waals surface area contributed by atoms with E-state index in [1.165, 1.54) is 50.1 Å². The van der Waals surface area contributed by atoms with Gasteiger partial charge < -0.3 is 10.5 Å². The maximum absolute atomic E-state index is 9.13. The normalized spacial score (nSPS) is 11.0. The highest BCUT2D eigenvalue weighted by Gasteiger charge is 2.15.